The summed E-state index contributed by atoms with van der Waals surface area (Å²) >= 11 is 0. The largest absolute Gasteiger partial charge is 0.464 e. The second-order valence-electron chi connectivity index (χ2n) is 4.50. The Morgan fingerprint density at radius 2 is 2.31 bits per heavy atom. The average Bonchev–Trinajstić information content (AvgIpc) is 2.27. The van der Waals surface area contributed by atoms with Crippen LogP contribution in [-0.2, 0) is 14.3 Å². The van der Waals surface area contributed by atoms with Gasteiger partial charge in [-0.25, -0.2) is 4.79 Å². The van der Waals surface area contributed by atoms with Crippen molar-refractivity contribution in [3.8, 4) is 0 Å². The summed E-state index contributed by atoms with van der Waals surface area (Å²) in [4.78, 5) is 11.6. The predicted molar refractivity (Wildman–Crippen MR) is 60.0 cm³/mol. The van der Waals surface area contributed by atoms with Crippen LogP contribution in [0.25, 0.3) is 0 Å². The summed E-state index contributed by atoms with van der Waals surface area (Å²) in [5.41, 5.74) is -1.26. The molecule has 94 valence electrons. The van der Waals surface area contributed by atoms with Gasteiger partial charge in [0.1, 0.15) is 0 Å². The van der Waals surface area contributed by atoms with Gasteiger partial charge < -0.3 is 14.6 Å². The van der Waals surface area contributed by atoms with Crippen molar-refractivity contribution >= 4 is 5.97 Å². The van der Waals surface area contributed by atoms with E-state index < -0.39 is 11.6 Å². The first kappa shape index (κ1) is 13.5. The fourth-order valence-corrected chi connectivity index (χ4v) is 2.35. The van der Waals surface area contributed by atoms with Crippen LogP contribution in [0.15, 0.2) is 0 Å². The van der Waals surface area contributed by atoms with Crippen LogP contribution in [0, 0.1) is 5.92 Å². The summed E-state index contributed by atoms with van der Waals surface area (Å²) in [6.45, 7) is 2.76. The number of methoxy groups -OCH3 is 1. The van der Waals surface area contributed by atoms with Crippen molar-refractivity contribution in [2.45, 2.75) is 44.6 Å². The molecule has 0 radical (unpaired) electrons. The van der Waals surface area contributed by atoms with Crippen molar-refractivity contribution in [1.82, 2.24) is 0 Å². The number of hydrogen-bond acceptors (Lipinski definition) is 4. The third-order valence-corrected chi connectivity index (χ3v) is 3.21. The van der Waals surface area contributed by atoms with Crippen LogP contribution in [0.3, 0.4) is 0 Å². The van der Waals surface area contributed by atoms with Gasteiger partial charge in [0, 0.05) is 13.7 Å². The number of aliphatic hydroxyl groups is 1. The molecule has 2 atom stereocenters. The molecule has 0 spiro atoms. The van der Waals surface area contributed by atoms with E-state index in [2.05, 4.69) is 0 Å². The molecule has 0 amide bonds. The number of esters is 1. The van der Waals surface area contributed by atoms with E-state index in [1.165, 1.54) is 0 Å². The van der Waals surface area contributed by atoms with Crippen LogP contribution in [0.5, 0.6) is 0 Å². The molecule has 1 N–H and O–H groups in total. The van der Waals surface area contributed by atoms with Gasteiger partial charge in [0.25, 0.3) is 0 Å². The Kier molecular flexibility index (Phi) is 5.22. The zero-order chi connectivity index (χ0) is 12.0. The van der Waals surface area contributed by atoms with E-state index in [4.69, 9.17) is 9.47 Å². The second kappa shape index (κ2) is 6.21. The maximum absolute atomic E-state index is 11.6. The molecule has 0 aliphatic heterocycles. The molecule has 4 heteroatoms. The molecule has 16 heavy (non-hydrogen) atoms. The van der Waals surface area contributed by atoms with E-state index >= 15 is 0 Å². The van der Waals surface area contributed by atoms with E-state index in [-0.39, 0.29) is 0 Å². The molecule has 1 saturated carbocycles. The molecular formula is C12H22O4. The highest BCUT2D eigenvalue weighted by atomic mass is 16.5. The molecule has 0 bridgehead atoms. The molecule has 0 aromatic rings. The Labute approximate surface area is 96.9 Å². The average molecular weight is 230 g/mol. The summed E-state index contributed by atoms with van der Waals surface area (Å²) in [5.74, 6) is -0.0970. The van der Waals surface area contributed by atoms with Crippen molar-refractivity contribution in [2.24, 2.45) is 5.92 Å². The van der Waals surface area contributed by atoms with Gasteiger partial charge >= 0.3 is 5.97 Å². The number of ether oxygens (including phenoxy) is 2. The van der Waals surface area contributed by atoms with E-state index in [0.29, 0.717) is 32.0 Å². The first-order chi connectivity index (χ1) is 7.62. The first-order valence-electron chi connectivity index (χ1n) is 6.01. The zero-order valence-corrected chi connectivity index (χ0v) is 10.2. The minimum atomic E-state index is -1.26. The third-order valence-electron chi connectivity index (χ3n) is 3.21. The fraction of sp³-hybridized carbons (Fsp3) is 0.917. The summed E-state index contributed by atoms with van der Waals surface area (Å²) in [6, 6.07) is 0. The van der Waals surface area contributed by atoms with Gasteiger partial charge in [-0.3, -0.25) is 0 Å². The van der Waals surface area contributed by atoms with Crippen molar-refractivity contribution in [1.29, 1.82) is 0 Å². The van der Waals surface area contributed by atoms with Gasteiger partial charge in [0.15, 0.2) is 5.60 Å². The van der Waals surface area contributed by atoms with Crippen molar-refractivity contribution in [2.75, 3.05) is 20.3 Å². The lowest BCUT2D eigenvalue weighted by Gasteiger charge is -2.34. The van der Waals surface area contributed by atoms with Crippen LogP contribution in [0.2, 0.25) is 0 Å². The topological polar surface area (TPSA) is 55.8 Å². The van der Waals surface area contributed by atoms with Crippen LogP contribution < -0.4 is 0 Å². The maximum atomic E-state index is 11.6. The van der Waals surface area contributed by atoms with E-state index in [1.54, 1.807) is 14.0 Å². The highest BCUT2D eigenvalue weighted by Crippen LogP contribution is 2.35. The Morgan fingerprint density at radius 1 is 1.56 bits per heavy atom. The highest BCUT2D eigenvalue weighted by molar-refractivity contribution is 5.79. The number of hydrogen-bond donors (Lipinski definition) is 1. The van der Waals surface area contributed by atoms with Crippen molar-refractivity contribution < 1.29 is 19.4 Å². The van der Waals surface area contributed by atoms with Crippen LogP contribution in [0.1, 0.15) is 39.0 Å². The Morgan fingerprint density at radius 3 is 2.94 bits per heavy atom. The minimum Gasteiger partial charge on any atom is -0.464 e. The lowest BCUT2D eigenvalue weighted by Crippen LogP contribution is -2.44. The maximum Gasteiger partial charge on any atom is 0.338 e. The van der Waals surface area contributed by atoms with Gasteiger partial charge in [-0.05, 0) is 38.5 Å². The second-order valence-corrected chi connectivity index (χ2v) is 4.50. The SMILES string of the molecule is CCOC(=O)C1(O)CCCC(CCOC)C1. The van der Waals surface area contributed by atoms with Gasteiger partial charge in [0.2, 0.25) is 0 Å². The molecule has 1 fully saturated rings. The monoisotopic (exact) mass is 230 g/mol. The Hall–Kier alpha value is -0.610. The fourth-order valence-electron chi connectivity index (χ4n) is 2.35. The zero-order valence-electron chi connectivity index (χ0n) is 10.2. The van der Waals surface area contributed by atoms with Crippen molar-refractivity contribution in [3.05, 3.63) is 0 Å². The van der Waals surface area contributed by atoms with Crippen LogP contribution in [-0.4, -0.2) is 37.0 Å². The molecule has 1 aliphatic carbocycles. The number of carbonyl (C=O) groups excluding carboxylic acids is 1. The Bertz CT molecular complexity index is 229. The molecule has 1 rings (SSSR count). The van der Waals surface area contributed by atoms with Gasteiger partial charge in [0.05, 0.1) is 6.61 Å². The van der Waals surface area contributed by atoms with E-state index in [0.717, 1.165) is 19.3 Å². The predicted octanol–water partition coefficient (Wildman–Crippen LogP) is 1.51. The number of carbonyl (C=O) groups is 1. The van der Waals surface area contributed by atoms with Gasteiger partial charge in [-0.1, -0.05) is 6.42 Å². The molecule has 0 saturated heterocycles. The summed E-state index contributed by atoms with van der Waals surface area (Å²) in [6.07, 6.45) is 3.87. The smallest absolute Gasteiger partial charge is 0.338 e. The Balaban J connectivity index is 2.50. The lowest BCUT2D eigenvalue weighted by molar-refractivity contribution is -0.170. The normalized spacial score (nSPS) is 30.1. The molecule has 0 heterocycles. The van der Waals surface area contributed by atoms with Gasteiger partial charge in [-0.15, -0.1) is 0 Å². The lowest BCUT2D eigenvalue weighted by atomic mass is 9.77. The van der Waals surface area contributed by atoms with E-state index in [9.17, 15) is 9.90 Å². The molecule has 2 unspecified atom stereocenters. The van der Waals surface area contributed by atoms with E-state index in [1.807, 2.05) is 0 Å². The first-order valence-corrected chi connectivity index (χ1v) is 6.01. The molecule has 4 nitrogen and oxygen atoms in total. The summed E-state index contributed by atoms with van der Waals surface area (Å²) in [5, 5.41) is 10.2. The molecular weight excluding hydrogens is 208 g/mol. The molecule has 0 aromatic carbocycles. The van der Waals surface area contributed by atoms with Crippen LogP contribution >= 0.6 is 0 Å². The minimum absolute atomic E-state index is 0.323. The molecule has 1 aliphatic rings. The van der Waals surface area contributed by atoms with Gasteiger partial charge in [-0.2, -0.15) is 0 Å². The molecule has 0 aromatic heterocycles. The quantitative estimate of drug-likeness (QED) is 0.727. The summed E-state index contributed by atoms with van der Waals surface area (Å²) < 4.78 is 9.94. The van der Waals surface area contributed by atoms with Crippen LogP contribution in [0.4, 0.5) is 0 Å². The summed E-state index contributed by atoms with van der Waals surface area (Å²) in [7, 11) is 1.67. The third kappa shape index (κ3) is 3.46. The van der Waals surface area contributed by atoms with Crippen molar-refractivity contribution in [3.63, 3.8) is 0 Å². The number of rotatable bonds is 5. The highest BCUT2D eigenvalue weighted by Gasteiger charge is 2.41. The standard InChI is InChI=1S/C12H22O4/c1-3-16-11(13)12(14)7-4-5-10(9-12)6-8-15-2/h10,14H,3-9H2,1-2H3.